The van der Waals surface area contributed by atoms with Crippen LogP contribution in [0.1, 0.15) is 290 Å². The number of phosphoric ester groups is 1. The predicted molar refractivity (Wildman–Crippen MR) is 273 cm³/mol. The molecule has 0 saturated carbocycles. The number of esters is 2. The number of quaternary nitrogens is 1. The van der Waals surface area contributed by atoms with Crippen LogP contribution in [0.15, 0.2) is 0 Å². The highest BCUT2D eigenvalue weighted by Crippen LogP contribution is 2.38. The van der Waals surface area contributed by atoms with E-state index in [2.05, 4.69) is 13.8 Å². The Balaban J connectivity index is 4.13. The maximum atomic E-state index is 12.8. The van der Waals surface area contributed by atoms with Crippen molar-refractivity contribution in [1.82, 2.24) is 0 Å². The van der Waals surface area contributed by atoms with E-state index in [9.17, 15) is 19.0 Å². The van der Waals surface area contributed by atoms with Gasteiger partial charge in [-0.25, -0.2) is 0 Å². The molecule has 0 heterocycles. The lowest BCUT2D eigenvalue weighted by Gasteiger charge is -2.28. The highest BCUT2D eigenvalue weighted by atomic mass is 31.2. The molecule has 0 bridgehead atoms. The van der Waals surface area contributed by atoms with Crippen molar-refractivity contribution in [2.45, 2.75) is 296 Å². The predicted octanol–water partition coefficient (Wildman–Crippen LogP) is 16.5. The minimum atomic E-state index is -4.63. The van der Waals surface area contributed by atoms with E-state index in [1.165, 1.54) is 225 Å². The van der Waals surface area contributed by atoms with Crippen LogP contribution in [0.5, 0.6) is 0 Å². The summed E-state index contributed by atoms with van der Waals surface area (Å²) < 4.78 is 34.2. The maximum Gasteiger partial charge on any atom is 0.306 e. The fourth-order valence-electron chi connectivity index (χ4n) is 8.48. The number of rotatable bonds is 53. The Morgan fingerprint density at radius 2 is 0.692 bits per heavy atom. The number of hydrogen-bond donors (Lipinski definition) is 0. The van der Waals surface area contributed by atoms with Gasteiger partial charge < -0.3 is 27.9 Å². The van der Waals surface area contributed by atoms with Crippen molar-refractivity contribution in [3.63, 3.8) is 0 Å². The molecule has 0 aliphatic heterocycles. The van der Waals surface area contributed by atoms with E-state index in [1.807, 2.05) is 21.1 Å². The molecule has 0 saturated heterocycles. The molecule has 0 aromatic carbocycles. The molecule has 10 heteroatoms. The summed E-state index contributed by atoms with van der Waals surface area (Å²) in [5.41, 5.74) is 0. The number of carbonyl (C=O) groups excluding carboxylic acids is 2. The number of hydrogen-bond acceptors (Lipinski definition) is 8. The van der Waals surface area contributed by atoms with Crippen molar-refractivity contribution in [2.75, 3.05) is 47.5 Å². The zero-order valence-electron chi connectivity index (χ0n) is 44.0. The van der Waals surface area contributed by atoms with Crippen molar-refractivity contribution < 1.29 is 42.1 Å². The average Bonchev–Trinajstić information content (AvgIpc) is 3.26. The van der Waals surface area contributed by atoms with E-state index in [0.717, 1.165) is 32.1 Å². The van der Waals surface area contributed by atoms with Crippen molar-refractivity contribution in [1.29, 1.82) is 0 Å². The lowest BCUT2D eigenvalue weighted by molar-refractivity contribution is -0.870. The molecule has 0 amide bonds. The van der Waals surface area contributed by atoms with Crippen molar-refractivity contribution >= 4 is 19.8 Å². The molecule has 388 valence electrons. The molecule has 0 N–H and O–H groups in total. The SMILES string of the molecule is CCCCCCCCCCCCCCCCCCCCCCCC(=O)OC[C@H](COP(=O)([O-])OCC[N+](C)(C)C)OC(=O)CCCCCCCCCCCCCCCCCCCCCC. The van der Waals surface area contributed by atoms with Gasteiger partial charge in [0.2, 0.25) is 0 Å². The molecule has 0 aliphatic carbocycles. The van der Waals surface area contributed by atoms with Crippen LogP contribution in [0.25, 0.3) is 0 Å². The molecule has 0 aromatic heterocycles. The number of ether oxygens (including phenoxy) is 2. The third-order valence-electron chi connectivity index (χ3n) is 12.9. The first-order chi connectivity index (χ1) is 31.5. The van der Waals surface area contributed by atoms with Crippen LogP contribution in [0, 0.1) is 0 Å². The third-order valence-corrected chi connectivity index (χ3v) is 13.8. The molecular formula is C55H110NO8P. The number of likely N-dealkylation sites (N-methyl/N-ethyl adjacent to an activating group) is 1. The van der Waals surface area contributed by atoms with Gasteiger partial charge in [-0.05, 0) is 12.8 Å². The van der Waals surface area contributed by atoms with Crippen molar-refractivity contribution in [3.05, 3.63) is 0 Å². The van der Waals surface area contributed by atoms with Gasteiger partial charge in [-0.2, -0.15) is 0 Å². The van der Waals surface area contributed by atoms with Gasteiger partial charge in [0.25, 0.3) is 7.82 Å². The molecule has 65 heavy (non-hydrogen) atoms. The van der Waals surface area contributed by atoms with Gasteiger partial charge in [0.15, 0.2) is 6.10 Å². The molecule has 9 nitrogen and oxygen atoms in total. The molecule has 0 aromatic rings. The van der Waals surface area contributed by atoms with Crippen LogP contribution < -0.4 is 4.89 Å². The summed E-state index contributed by atoms with van der Waals surface area (Å²) in [4.78, 5) is 37.8. The summed E-state index contributed by atoms with van der Waals surface area (Å²) in [6, 6.07) is 0. The molecule has 0 aliphatic rings. The van der Waals surface area contributed by atoms with Gasteiger partial charge >= 0.3 is 11.9 Å². The number of phosphoric acid groups is 1. The first kappa shape index (κ1) is 64.0. The van der Waals surface area contributed by atoms with Gasteiger partial charge in [-0.3, -0.25) is 14.2 Å². The van der Waals surface area contributed by atoms with Crippen LogP contribution in [-0.4, -0.2) is 70.0 Å². The zero-order chi connectivity index (χ0) is 47.8. The Morgan fingerprint density at radius 1 is 0.415 bits per heavy atom. The van der Waals surface area contributed by atoms with E-state index in [4.69, 9.17) is 18.5 Å². The van der Waals surface area contributed by atoms with Crippen LogP contribution >= 0.6 is 7.82 Å². The minimum Gasteiger partial charge on any atom is -0.756 e. The fourth-order valence-corrected chi connectivity index (χ4v) is 9.21. The Bertz CT molecular complexity index is 1070. The van der Waals surface area contributed by atoms with E-state index >= 15 is 0 Å². The summed E-state index contributed by atoms with van der Waals surface area (Å²) in [5.74, 6) is -0.810. The summed E-state index contributed by atoms with van der Waals surface area (Å²) in [7, 11) is 1.19. The first-order valence-electron chi connectivity index (χ1n) is 28.2. The van der Waals surface area contributed by atoms with E-state index in [-0.39, 0.29) is 32.0 Å². The van der Waals surface area contributed by atoms with Gasteiger partial charge in [-0.1, -0.05) is 264 Å². The molecule has 2 atom stereocenters. The monoisotopic (exact) mass is 944 g/mol. The van der Waals surface area contributed by atoms with Gasteiger partial charge in [0.1, 0.15) is 19.8 Å². The lowest BCUT2D eigenvalue weighted by atomic mass is 10.0. The normalized spacial score (nSPS) is 13.3. The maximum absolute atomic E-state index is 12.8. The zero-order valence-corrected chi connectivity index (χ0v) is 44.9. The van der Waals surface area contributed by atoms with E-state index in [1.54, 1.807) is 0 Å². The van der Waals surface area contributed by atoms with Crippen molar-refractivity contribution in [3.8, 4) is 0 Å². The molecule has 0 fully saturated rings. The van der Waals surface area contributed by atoms with Crippen LogP contribution in [0.4, 0.5) is 0 Å². The number of nitrogens with zero attached hydrogens (tertiary/aromatic N) is 1. The molecule has 0 radical (unpaired) electrons. The van der Waals surface area contributed by atoms with Gasteiger partial charge in [0, 0.05) is 12.8 Å². The minimum absolute atomic E-state index is 0.0251. The lowest BCUT2D eigenvalue weighted by Crippen LogP contribution is -2.37. The Labute approximate surface area is 404 Å². The summed E-state index contributed by atoms with van der Waals surface area (Å²) in [6.07, 6.45) is 52.8. The van der Waals surface area contributed by atoms with Crippen LogP contribution in [0.3, 0.4) is 0 Å². The quantitative estimate of drug-likeness (QED) is 0.0257. The molecule has 1 unspecified atom stereocenters. The van der Waals surface area contributed by atoms with Crippen LogP contribution in [0.2, 0.25) is 0 Å². The topological polar surface area (TPSA) is 111 Å². The van der Waals surface area contributed by atoms with E-state index < -0.39 is 26.5 Å². The van der Waals surface area contributed by atoms with Gasteiger partial charge in [0.05, 0.1) is 27.7 Å². The third kappa shape index (κ3) is 52.2. The Hall–Kier alpha value is -0.990. The Kier molecular flexibility index (Phi) is 47.3. The summed E-state index contributed by atoms with van der Waals surface area (Å²) >= 11 is 0. The standard InChI is InChI=1S/C55H110NO8P/c1-6-8-10-12-14-16-18-20-22-24-26-28-30-31-33-35-37-39-41-43-45-47-54(57)61-51-53(52-63-65(59,60)62-50-49-56(3,4)5)64-55(58)48-46-44-42-40-38-36-34-32-29-27-25-23-21-19-17-15-13-11-9-7-2/h53H,6-52H2,1-5H3/t53-/m1/s1. The first-order valence-corrected chi connectivity index (χ1v) is 29.7. The highest BCUT2D eigenvalue weighted by molar-refractivity contribution is 7.45. The van der Waals surface area contributed by atoms with Gasteiger partial charge in [-0.15, -0.1) is 0 Å². The molecule has 0 spiro atoms. The second-order valence-electron chi connectivity index (χ2n) is 20.7. The summed E-state index contributed by atoms with van der Waals surface area (Å²) in [5, 5.41) is 0. The Morgan fingerprint density at radius 3 is 0.985 bits per heavy atom. The second-order valence-corrected chi connectivity index (χ2v) is 22.1. The smallest absolute Gasteiger partial charge is 0.306 e. The van der Waals surface area contributed by atoms with Crippen molar-refractivity contribution in [2.24, 2.45) is 0 Å². The fraction of sp³-hybridized carbons (Fsp3) is 0.964. The molecule has 0 rings (SSSR count). The largest absolute Gasteiger partial charge is 0.756 e. The van der Waals surface area contributed by atoms with E-state index in [0.29, 0.717) is 17.4 Å². The average molecular weight is 944 g/mol. The number of carbonyl (C=O) groups is 2. The molecular weight excluding hydrogens is 834 g/mol. The van der Waals surface area contributed by atoms with Crippen LogP contribution in [-0.2, 0) is 32.7 Å². The highest BCUT2D eigenvalue weighted by Gasteiger charge is 2.22. The number of unbranched alkanes of at least 4 members (excludes halogenated alkanes) is 39. The second kappa shape index (κ2) is 48.1. The summed E-state index contributed by atoms with van der Waals surface area (Å²) in [6.45, 7) is 4.31.